The Morgan fingerprint density at radius 1 is 1.22 bits per heavy atom. The molecule has 94 valence electrons. The van der Waals surface area contributed by atoms with Gasteiger partial charge in [-0.3, -0.25) is 0 Å². The van der Waals surface area contributed by atoms with Gasteiger partial charge in [0.1, 0.15) is 5.82 Å². The molecule has 0 aromatic heterocycles. The second-order valence-electron chi connectivity index (χ2n) is 4.05. The molecule has 1 N–H and O–H groups in total. The summed E-state index contributed by atoms with van der Waals surface area (Å²) in [6.07, 6.45) is 0. The van der Waals surface area contributed by atoms with Crippen LogP contribution in [0.15, 0.2) is 46.9 Å². The fraction of sp³-hybridized carbons (Fsp3) is 0.143. The normalized spacial score (nSPS) is 12.2. The van der Waals surface area contributed by atoms with Crippen molar-refractivity contribution in [3.05, 3.63) is 61.9 Å². The Morgan fingerprint density at radius 3 is 2.72 bits per heavy atom. The molecule has 0 amide bonds. The molecule has 1 atom stereocenters. The third kappa shape index (κ3) is 3.45. The van der Waals surface area contributed by atoms with Crippen molar-refractivity contribution in [2.75, 3.05) is 5.32 Å². The average Bonchev–Trinajstić information content (AvgIpc) is 2.34. The van der Waals surface area contributed by atoms with Crippen molar-refractivity contribution >= 4 is 44.2 Å². The van der Waals surface area contributed by atoms with Crippen LogP contribution in [0.2, 0.25) is 0 Å². The predicted molar refractivity (Wildman–Crippen MR) is 85.3 cm³/mol. The van der Waals surface area contributed by atoms with Crippen molar-refractivity contribution in [3.63, 3.8) is 0 Å². The number of anilines is 1. The van der Waals surface area contributed by atoms with Crippen LogP contribution in [-0.2, 0) is 0 Å². The quantitative estimate of drug-likeness (QED) is 0.660. The van der Waals surface area contributed by atoms with Crippen LogP contribution < -0.4 is 5.32 Å². The first-order valence-corrected chi connectivity index (χ1v) is 7.40. The van der Waals surface area contributed by atoms with E-state index in [0.717, 1.165) is 19.3 Å². The molecule has 18 heavy (non-hydrogen) atoms. The number of hydrogen-bond donors (Lipinski definition) is 1. The Kier molecular flexibility index (Phi) is 4.61. The summed E-state index contributed by atoms with van der Waals surface area (Å²) in [5, 5.41) is 3.39. The summed E-state index contributed by atoms with van der Waals surface area (Å²) >= 11 is 5.73. The maximum atomic E-state index is 13.2. The molecule has 0 radical (unpaired) electrons. The zero-order valence-corrected chi connectivity index (χ0v) is 13.5. The van der Waals surface area contributed by atoms with E-state index in [1.807, 2.05) is 31.2 Å². The van der Waals surface area contributed by atoms with Gasteiger partial charge in [-0.15, -0.1) is 0 Å². The number of hydrogen-bond acceptors (Lipinski definition) is 1. The van der Waals surface area contributed by atoms with Gasteiger partial charge in [0.2, 0.25) is 0 Å². The molecule has 0 saturated heterocycles. The molecule has 0 aliphatic rings. The van der Waals surface area contributed by atoms with E-state index in [9.17, 15) is 4.39 Å². The number of rotatable bonds is 3. The maximum Gasteiger partial charge on any atom is 0.123 e. The largest absolute Gasteiger partial charge is 0.378 e. The van der Waals surface area contributed by atoms with E-state index < -0.39 is 0 Å². The molecule has 1 nitrogen and oxygen atoms in total. The summed E-state index contributed by atoms with van der Waals surface area (Å²) in [6, 6.07) is 12.8. The van der Waals surface area contributed by atoms with E-state index in [0.29, 0.717) is 0 Å². The highest BCUT2D eigenvalue weighted by Gasteiger charge is 2.08. The van der Waals surface area contributed by atoms with Gasteiger partial charge in [-0.25, -0.2) is 4.39 Å². The topological polar surface area (TPSA) is 12.0 Å². The minimum Gasteiger partial charge on any atom is -0.378 e. The van der Waals surface area contributed by atoms with Crippen LogP contribution in [0, 0.1) is 9.39 Å². The molecule has 0 heterocycles. The Hall–Kier alpha value is -0.620. The molecule has 2 aromatic carbocycles. The molecular formula is C14H12BrFIN. The van der Waals surface area contributed by atoms with E-state index >= 15 is 0 Å². The molecule has 0 saturated carbocycles. The van der Waals surface area contributed by atoms with Crippen molar-refractivity contribution in [1.29, 1.82) is 0 Å². The lowest BCUT2D eigenvalue weighted by Gasteiger charge is -2.17. The molecule has 2 rings (SSSR count). The standard InChI is InChI=1S/C14H12BrFIN/c1-9(10-3-2-4-12(16)7-10)18-14-8-11(15)5-6-13(14)17/h2-9,18H,1H3. The average molecular weight is 420 g/mol. The van der Waals surface area contributed by atoms with Gasteiger partial charge in [-0.1, -0.05) is 28.1 Å². The Bertz CT molecular complexity index is 559. The lowest BCUT2D eigenvalue weighted by Crippen LogP contribution is -2.07. The van der Waals surface area contributed by atoms with Gasteiger partial charge >= 0.3 is 0 Å². The third-order valence-corrected chi connectivity index (χ3v) is 4.08. The summed E-state index contributed by atoms with van der Waals surface area (Å²) in [5.74, 6) is -0.204. The zero-order chi connectivity index (χ0) is 13.1. The molecule has 0 bridgehead atoms. The number of benzene rings is 2. The van der Waals surface area contributed by atoms with Gasteiger partial charge in [0.15, 0.2) is 0 Å². The van der Waals surface area contributed by atoms with Crippen LogP contribution in [0.4, 0.5) is 10.1 Å². The van der Waals surface area contributed by atoms with Gasteiger partial charge in [0.05, 0.1) is 0 Å². The van der Waals surface area contributed by atoms with Crippen LogP contribution in [0.25, 0.3) is 0 Å². The summed E-state index contributed by atoms with van der Waals surface area (Å²) in [5.41, 5.74) is 1.98. The fourth-order valence-corrected chi connectivity index (χ4v) is 2.55. The summed E-state index contributed by atoms with van der Waals surface area (Å²) in [4.78, 5) is 0. The van der Waals surface area contributed by atoms with Crippen LogP contribution in [0.3, 0.4) is 0 Å². The monoisotopic (exact) mass is 419 g/mol. The molecule has 1 unspecified atom stereocenters. The first-order chi connectivity index (χ1) is 8.56. The molecule has 0 aliphatic carbocycles. The van der Waals surface area contributed by atoms with Crippen molar-refractivity contribution < 1.29 is 4.39 Å². The van der Waals surface area contributed by atoms with Crippen LogP contribution >= 0.6 is 38.5 Å². The highest BCUT2D eigenvalue weighted by Crippen LogP contribution is 2.27. The molecule has 0 fully saturated rings. The minimum absolute atomic E-state index is 0.0588. The summed E-state index contributed by atoms with van der Waals surface area (Å²) in [6.45, 7) is 2.02. The van der Waals surface area contributed by atoms with Crippen molar-refractivity contribution in [3.8, 4) is 0 Å². The third-order valence-electron chi connectivity index (χ3n) is 2.65. The van der Waals surface area contributed by atoms with E-state index in [4.69, 9.17) is 0 Å². The van der Waals surface area contributed by atoms with Crippen molar-refractivity contribution in [2.45, 2.75) is 13.0 Å². The van der Waals surface area contributed by atoms with Gasteiger partial charge in [0.25, 0.3) is 0 Å². The predicted octanol–water partition coefficient (Wildman–Crippen LogP) is 5.37. The first kappa shape index (κ1) is 13.8. The molecule has 2 aromatic rings. The minimum atomic E-state index is -0.204. The number of halogens is 3. The van der Waals surface area contributed by atoms with E-state index in [1.54, 1.807) is 12.1 Å². The Morgan fingerprint density at radius 2 is 2.00 bits per heavy atom. The lowest BCUT2D eigenvalue weighted by molar-refractivity contribution is 0.623. The first-order valence-electron chi connectivity index (χ1n) is 5.53. The Labute approximate surface area is 128 Å². The highest BCUT2D eigenvalue weighted by atomic mass is 127. The van der Waals surface area contributed by atoms with Crippen LogP contribution in [0.5, 0.6) is 0 Å². The lowest BCUT2D eigenvalue weighted by atomic mass is 10.1. The Balaban J connectivity index is 2.21. The highest BCUT2D eigenvalue weighted by molar-refractivity contribution is 14.1. The summed E-state index contributed by atoms with van der Waals surface area (Å²) in [7, 11) is 0. The van der Waals surface area contributed by atoms with E-state index in [1.165, 1.54) is 6.07 Å². The number of nitrogens with one attached hydrogen (secondary N) is 1. The van der Waals surface area contributed by atoms with Gasteiger partial charge < -0.3 is 5.32 Å². The van der Waals surface area contributed by atoms with Gasteiger partial charge in [-0.2, -0.15) is 0 Å². The van der Waals surface area contributed by atoms with E-state index in [-0.39, 0.29) is 11.9 Å². The SMILES string of the molecule is CC(Nc1cc(Br)ccc1I)c1cccc(F)c1. The maximum absolute atomic E-state index is 13.2. The second-order valence-corrected chi connectivity index (χ2v) is 6.12. The van der Waals surface area contributed by atoms with Crippen LogP contribution in [0.1, 0.15) is 18.5 Å². The second kappa shape index (κ2) is 6.02. The molecule has 0 aliphatic heterocycles. The van der Waals surface area contributed by atoms with Gasteiger partial charge in [0, 0.05) is 19.8 Å². The smallest absolute Gasteiger partial charge is 0.123 e. The fourth-order valence-electron chi connectivity index (χ4n) is 1.70. The van der Waals surface area contributed by atoms with Gasteiger partial charge in [-0.05, 0) is 65.4 Å². The molecule has 4 heteroatoms. The summed E-state index contributed by atoms with van der Waals surface area (Å²) < 4.78 is 15.3. The van der Waals surface area contributed by atoms with Crippen molar-refractivity contribution in [2.24, 2.45) is 0 Å². The molecular weight excluding hydrogens is 408 g/mol. The van der Waals surface area contributed by atoms with Crippen LogP contribution in [-0.4, -0.2) is 0 Å². The molecule has 0 spiro atoms. The van der Waals surface area contributed by atoms with E-state index in [2.05, 4.69) is 43.8 Å². The van der Waals surface area contributed by atoms with Crippen molar-refractivity contribution in [1.82, 2.24) is 0 Å². The zero-order valence-electron chi connectivity index (χ0n) is 9.75.